The zero-order valence-electron chi connectivity index (χ0n) is 8.74. The molecule has 1 aliphatic heterocycles. The van der Waals surface area contributed by atoms with E-state index in [9.17, 15) is 9.59 Å². The van der Waals surface area contributed by atoms with E-state index >= 15 is 0 Å². The molecule has 1 atom stereocenters. The molecule has 0 aromatic heterocycles. The van der Waals surface area contributed by atoms with Crippen molar-refractivity contribution < 1.29 is 9.59 Å². The van der Waals surface area contributed by atoms with Crippen LogP contribution in [0.4, 0.5) is 0 Å². The number of hydrogen-bond donors (Lipinski definition) is 2. The number of carbonyl (C=O) groups is 2. The molecule has 5 heteroatoms. The van der Waals surface area contributed by atoms with Gasteiger partial charge in [0.05, 0.1) is 6.54 Å². The van der Waals surface area contributed by atoms with Crippen molar-refractivity contribution in [1.29, 1.82) is 0 Å². The Morgan fingerprint density at radius 3 is 2.93 bits per heavy atom. The van der Waals surface area contributed by atoms with Gasteiger partial charge in [-0.1, -0.05) is 6.08 Å². The Bertz CT molecular complexity index is 265. The highest BCUT2D eigenvalue weighted by Crippen LogP contribution is 2.16. The van der Waals surface area contributed by atoms with Crippen LogP contribution in [0.2, 0.25) is 0 Å². The first-order chi connectivity index (χ1) is 7.16. The summed E-state index contributed by atoms with van der Waals surface area (Å²) in [6.45, 7) is 4.98. The lowest BCUT2D eigenvalue weighted by molar-refractivity contribution is -0.136. The van der Waals surface area contributed by atoms with Gasteiger partial charge in [0.15, 0.2) is 0 Å². The van der Waals surface area contributed by atoms with Gasteiger partial charge < -0.3 is 16.0 Å². The zero-order valence-corrected chi connectivity index (χ0v) is 8.74. The molecule has 0 aliphatic carbocycles. The minimum absolute atomic E-state index is 0.0712. The molecule has 0 saturated carbocycles. The molecular weight excluding hydrogens is 194 g/mol. The number of carbonyl (C=O) groups excluding carboxylic acids is 2. The summed E-state index contributed by atoms with van der Waals surface area (Å²) in [4.78, 5) is 24.2. The molecule has 0 bridgehead atoms. The quantitative estimate of drug-likeness (QED) is 0.463. The van der Waals surface area contributed by atoms with Crippen molar-refractivity contribution in [3.8, 4) is 0 Å². The van der Waals surface area contributed by atoms with E-state index in [4.69, 9.17) is 5.73 Å². The molecule has 1 rings (SSSR count). The van der Waals surface area contributed by atoms with Crippen LogP contribution in [0.25, 0.3) is 0 Å². The second-order valence-corrected chi connectivity index (χ2v) is 3.57. The maximum atomic E-state index is 11.7. The van der Waals surface area contributed by atoms with Crippen LogP contribution >= 0.6 is 0 Å². The van der Waals surface area contributed by atoms with Crippen molar-refractivity contribution in [3.63, 3.8) is 0 Å². The standard InChI is InChI=1S/C10H17N3O2/c1-2-5-12-7-9(14)13-6-3-4-8(13)10(11)15/h2,8,12H,1,3-7H2,(H2,11,15). The minimum Gasteiger partial charge on any atom is -0.368 e. The van der Waals surface area contributed by atoms with Gasteiger partial charge in [0.2, 0.25) is 11.8 Å². The Balaban J connectivity index is 2.43. The van der Waals surface area contributed by atoms with Crippen LogP contribution in [-0.4, -0.2) is 42.4 Å². The number of nitrogens with two attached hydrogens (primary N) is 1. The molecule has 3 N–H and O–H groups in total. The van der Waals surface area contributed by atoms with Crippen molar-refractivity contribution >= 4 is 11.8 Å². The molecular formula is C10H17N3O2. The monoisotopic (exact) mass is 211 g/mol. The van der Waals surface area contributed by atoms with Gasteiger partial charge in [-0.3, -0.25) is 9.59 Å². The number of hydrogen-bond acceptors (Lipinski definition) is 3. The first-order valence-electron chi connectivity index (χ1n) is 5.07. The molecule has 5 nitrogen and oxygen atoms in total. The van der Waals surface area contributed by atoms with Crippen LogP contribution in [0.15, 0.2) is 12.7 Å². The van der Waals surface area contributed by atoms with Crippen LogP contribution in [0, 0.1) is 0 Å². The first-order valence-corrected chi connectivity index (χ1v) is 5.07. The molecule has 1 fully saturated rings. The number of nitrogens with one attached hydrogen (secondary N) is 1. The predicted molar refractivity (Wildman–Crippen MR) is 57.0 cm³/mol. The van der Waals surface area contributed by atoms with E-state index < -0.39 is 11.9 Å². The summed E-state index contributed by atoms with van der Waals surface area (Å²) in [5.41, 5.74) is 5.21. The molecule has 0 aromatic carbocycles. The topological polar surface area (TPSA) is 75.4 Å². The van der Waals surface area contributed by atoms with Gasteiger partial charge in [-0.2, -0.15) is 0 Å². The van der Waals surface area contributed by atoms with E-state index in [-0.39, 0.29) is 12.5 Å². The Morgan fingerprint density at radius 1 is 1.60 bits per heavy atom. The summed E-state index contributed by atoms with van der Waals surface area (Å²) in [5, 5.41) is 2.91. The number of likely N-dealkylation sites (tertiary alicyclic amines) is 1. The van der Waals surface area contributed by atoms with Crippen LogP contribution in [0.5, 0.6) is 0 Å². The van der Waals surface area contributed by atoms with Gasteiger partial charge in [-0.05, 0) is 12.8 Å². The molecule has 0 radical (unpaired) electrons. The Hall–Kier alpha value is -1.36. The summed E-state index contributed by atoms with van der Waals surface area (Å²) in [6.07, 6.45) is 3.21. The Kier molecular flexibility index (Phi) is 4.30. The van der Waals surface area contributed by atoms with Crippen molar-refractivity contribution in [3.05, 3.63) is 12.7 Å². The van der Waals surface area contributed by atoms with Gasteiger partial charge in [0.25, 0.3) is 0 Å². The number of nitrogens with zero attached hydrogens (tertiary/aromatic N) is 1. The van der Waals surface area contributed by atoms with E-state index in [0.29, 0.717) is 19.5 Å². The Labute approximate surface area is 89.3 Å². The van der Waals surface area contributed by atoms with E-state index in [2.05, 4.69) is 11.9 Å². The van der Waals surface area contributed by atoms with E-state index in [0.717, 1.165) is 6.42 Å². The molecule has 0 spiro atoms. The molecule has 0 aromatic rings. The third kappa shape index (κ3) is 3.06. The second-order valence-electron chi connectivity index (χ2n) is 3.57. The van der Waals surface area contributed by atoms with Gasteiger partial charge >= 0.3 is 0 Å². The molecule has 84 valence electrons. The molecule has 15 heavy (non-hydrogen) atoms. The van der Waals surface area contributed by atoms with Crippen LogP contribution in [0.1, 0.15) is 12.8 Å². The van der Waals surface area contributed by atoms with E-state index in [1.54, 1.807) is 11.0 Å². The largest absolute Gasteiger partial charge is 0.368 e. The lowest BCUT2D eigenvalue weighted by atomic mass is 10.2. The maximum Gasteiger partial charge on any atom is 0.240 e. The maximum absolute atomic E-state index is 11.7. The highest BCUT2D eigenvalue weighted by molar-refractivity contribution is 5.88. The van der Waals surface area contributed by atoms with Crippen LogP contribution in [0.3, 0.4) is 0 Å². The third-order valence-electron chi connectivity index (χ3n) is 2.47. The third-order valence-corrected chi connectivity index (χ3v) is 2.47. The van der Waals surface area contributed by atoms with Gasteiger partial charge in [0.1, 0.15) is 6.04 Å². The second kappa shape index (κ2) is 5.50. The first kappa shape index (κ1) is 11.7. The summed E-state index contributed by atoms with van der Waals surface area (Å²) in [6, 6.07) is -0.414. The fourth-order valence-corrected chi connectivity index (χ4v) is 1.74. The van der Waals surface area contributed by atoms with Crippen LogP contribution < -0.4 is 11.1 Å². The lowest BCUT2D eigenvalue weighted by Gasteiger charge is -2.22. The zero-order chi connectivity index (χ0) is 11.3. The molecule has 1 heterocycles. The fraction of sp³-hybridized carbons (Fsp3) is 0.600. The van der Waals surface area contributed by atoms with Gasteiger partial charge in [-0.15, -0.1) is 6.58 Å². The SMILES string of the molecule is C=CCNCC(=O)N1CCCC1C(N)=O. The summed E-state index contributed by atoms with van der Waals surface area (Å²) >= 11 is 0. The number of amides is 2. The predicted octanol–water partition coefficient (Wildman–Crippen LogP) is -0.762. The number of rotatable bonds is 5. The number of primary amides is 1. The summed E-state index contributed by atoms with van der Waals surface area (Å²) in [5.74, 6) is -0.484. The smallest absolute Gasteiger partial charge is 0.240 e. The van der Waals surface area contributed by atoms with Crippen LogP contribution in [-0.2, 0) is 9.59 Å². The average molecular weight is 211 g/mol. The normalized spacial score (nSPS) is 20.3. The molecule has 1 saturated heterocycles. The van der Waals surface area contributed by atoms with E-state index in [1.807, 2.05) is 0 Å². The van der Waals surface area contributed by atoms with Crippen molar-refractivity contribution in [2.45, 2.75) is 18.9 Å². The fourth-order valence-electron chi connectivity index (χ4n) is 1.74. The molecule has 2 amide bonds. The summed E-state index contributed by atoms with van der Waals surface area (Å²) < 4.78 is 0. The Morgan fingerprint density at radius 2 is 2.33 bits per heavy atom. The molecule has 1 unspecified atom stereocenters. The van der Waals surface area contributed by atoms with Crippen molar-refractivity contribution in [2.24, 2.45) is 5.73 Å². The van der Waals surface area contributed by atoms with Gasteiger partial charge in [-0.25, -0.2) is 0 Å². The van der Waals surface area contributed by atoms with Gasteiger partial charge in [0, 0.05) is 13.1 Å². The highest BCUT2D eigenvalue weighted by atomic mass is 16.2. The average Bonchev–Trinajstić information content (AvgIpc) is 2.66. The molecule has 1 aliphatic rings. The summed E-state index contributed by atoms with van der Waals surface area (Å²) in [7, 11) is 0. The lowest BCUT2D eigenvalue weighted by Crippen LogP contribution is -2.46. The van der Waals surface area contributed by atoms with Crippen molar-refractivity contribution in [1.82, 2.24) is 10.2 Å². The van der Waals surface area contributed by atoms with Crippen molar-refractivity contribution in [2.75, 3.05) is 19.6 Å². The highest BCUT2D eigenvalue weighted by Gasteiger charge is 2.31. The van der Waals surface area contributed by atoms with E-state index in [1.165, 1.54) is 0 Å². The minimum atomic E-state index is -0.414.